The summed E-state index contributed by atoms with van der Waals surface area (Å²) in [5.41, 5.74) is 0. The van der Waals surface area contributed by atoms with E-state index in [1.807, 2.05) is 0 Å². The molecular weight excluding hydrogens is 235 g/mol. The summed E-state index contributed by atoms with van der Waals surface area (Å²) in [7, 11) is 0. The molecule has 0 saturated carbocycles. The van der Waals surface area contributed by atoms with Crippen LogP contribution in [-0.2, 0) is 0 Å². The summed E-state index contributed by atoms with van der Waals surface area (Å²) in [6, 6.07) is 0. The molecule has 3 N–H and O–H groups in total. The smallest absolute Gasteiger partial charge is 0.291 e. The molecule has 0 aromatic heterocycles. The number of hydrogen-bond acceptors (Lipinski definition) is 2. The SMILES string of the molecule is O.O=[N+]([O-])O.[Gd]. The molecule has 0 bridgehead atoms. The van der Waals surface area contributed by atoms with Crippen LogP contribution in [0.3, 0.4) is 0 Å². The fourth-order valence-electron chi connectivity index (χ4n) is 0. The molecule has 0 saturated heterocycles. The van der Waals surface area contributed by atoms with Gasteiger partial charge in [0.05, 0.1) is 0 Å². The van der Waals surface area contributed by atoms with Crippen LogP contribution in [0.2, 0.25) is 0 Å². The molecule has 0 unspecified atom stereocenters. The average Bonchev–Trinajstić information content (AvgIpc) is 0.811. The second-order valence-corrected chi connectivity index (χ2v) is 0.238. The minimum atomic E-state index is -1.50. The van der Waals surface area contributed by atoms with Crippen molar-refractivity contribution < 1.29 is 55.7 Å². The predicted octanol–water partition coefficient (Wildman–Crippen LogP) is -1.17. The Hall–Kier alpha value is 0.485. The van der Waals surface area contributed by atoms with Gasteiger partial charge in [-0.3, -0.25) is 0 Å². The second kappa shape index (κ2) is 9.08. The van der Waals surface area contributed by atoms with Gasteiger partial charge in [-0.05, 0) is 0 Å². The molecule has 0 fully saturated rings. The summed E-state index contributed by atoms with van der Waals surface area (Å²) >= 11 is 0. The quantitative estimate of drug-likeness (QED) is 0.425. The maximum Gasteiger partial charge on any atom is 0.291 e. The van der Waals surface area contributed by atoms with E-state index in [1.165, 1.54) is 0 Å². The van der Waals surface area contributed by atoms with Gasteiger partial charge in [-0.1, -0.05) is 0 Å². The van der Waals surface area contributed by atoms with E-state index in [0.29, 0.717) is 0 Å². The third kappa shape index (κ3) is 232. The largest absolute Gasteiger partial charge is 0.412 e. The van der Waals surface area contributed by atoms with E-state index >= 15 is 0 Å². The van der Waals surface area contributed by atoms with Gasteiger partial charge < -0.3 is 10.7 Å². The Balaban J connectivity index is -0.0000000450. The predicted molar refractivity (Wildman–Crippen MR) is 12.4 cm³/mol. The monoisotopic (exact) mass is 239 g/mol. The van der Waals surface area contributed by atoms with Crippen molar-refractivity contribution in [1.29, 1.82) is 0 Å². The van der Waals surface area contributed by atoms with E-state index in [-0.39, 0.29) is 45.4 Å². The van der Waals surface area contributed by atoms with Crippen LogP contribution in [0.5, 0.6) is 0 Å². The van der Waals surface area contributed by atoms with Crippen molar-refractivity contribution in [3.8, 4) is 0 Å². The number of nitrogens with zero attached hydrogens (tertiary/aromatic N) is 1. The molecule has 0 aliphatic heterocycles. The summed E-state index contributed by atoms with van der Waals surface area (Å²) in [6.07, 6.45) is 0. The van der Waals surface area contributed by atoms with Gasteiger partial charge in [-0.25, -0.2) is 0 Å². The first-order valence-corrected chi connectivity index (χ1v) is 0.565. The van der Waals surface area contributed by atoms with E-state index in [4.69, 9.17) is 15.3 Å². The molecular formula is H3GdNO4. The van der Waals surface area contributed by atoms with Crippen LogP contribution in [-0.4, -0.2) is 15.8 Å². The normalized spacial score (nSPS) is 4.00. The number of hydrogen-bond donors (Lipinski definition) is 1. The van der Waals surface area contributed by atoms with Gasteiger partial charge in [0.2, 0.25) is 0 Å². The Bertz CT molecular complexity index is 30.5. The first-order valence-electron chi connectivity index (χ1n) is 0.565. The van der Waals surface area contributed by atoms with Gasteiger partial charge in [0.1, 0.15) is 0 Å². The van der Waals surface area contributed by atoms with E-state index in [2.05, 4.69) is 0 Å². The Morgan fingerprint density at radius 2 is 1.67 bits per heavy atom. The first-order chi connectivity index (χ1) is 1.73. The van der Waals surface area contributed by atoms with Crippen molar-refractivity contribution in [3.05, 3.63) is 10.1 Å². The minimum Gasteiger partial charge on any atom is -0.412 e. The molecule has 0 amide bonds. The van der Waals surface area contributed by atoms with Gasteiger partial charge >= 0.3 is 0 Å². The Morgan fingerprint density at radius 3 is 1.67 bits per heavy atom. The first kappa shape index (κ1) is 16.1. The third-order valence-electron chi connectivity index (χ3n) is 0. The van der Waals surface area contributed by atoms with Crippen LogP contribution in [0, 0.1) is 50.1 Å². The topological polar surface area (TPSA) is 94.9 Å². The van der Waals surface area contributed by atoms with Crippen molar-refractivity contribution >= 4 is 0 Å². The molecule has 0 rings (SSSR count). The van der Waals surface area contributed by atoms with Crippen LogP contribution in [0.25, 0.3) is 0 Å². The molecule has 0 heterocycles. The van der Waals surface area contributed by atoms with E-state index < -0.39 is 5.09 Å². The molecule has 0 aromatic rings. The Labute approximate surface area is 65.4 Å². The third-order valence-corrected chi connectivity index (χ3v) is 0. The second-order valence-electron chi connectivity index (χ2n) is 0.238. The van der Waals surface area contributed by atoms with Gasteiger partial charge in [0, 0.05) is 39.9 Å². The van der Waals surface area contributed by atoms with Crippen LogP contribution >= 0.6 is 0 Å². The molecule has 0 atom stereocenters. The fraction of sp³-hybridized carbons (Fsp3) is 0. The zero-order chi connectivity index (χ0) is 3.58. The van der Waals surface area contributed by atoms with Crippen molar-refractivity contribution in [3.63, 3.8) is 0 Å². The van der Waals surface area contributed by atoms with Crippen LogP contribution < -0.4 is 0 Å². The zero-order valence-electron chi connectivity index (χ0n) is 2.56. The maximum atomic E-state index is 8.36. The van der Waals surface area contributed by atoms with Gasteiger partial charge in [-0.15, -0.1) is 10.1 Å². The van der Waals surface area contributed by atoms with Gasteiger partial charge in [0.15, 0.2) is 0 Å². The van der Waals surface area contributed by atoms with Crippen molar-refractivity contribution in [2.24, 2.45) is 0 Å². The number of rotatable bonds is 0. The molecule has 5 nitrogen and oxygen atoms in total. The molecule has 6 heteroatoms. The standard InChI is InChI=1S/Gd.HNO3.H2O/c;2-1(3)4;/h;(H,2,3,4);1H2. The molecule has 0 aliphatic rings. The van der Waals surface area contributed by atoms with Crippen molar-refractivity contribution in [1.82, 2.24) is 0 Å². The van der Waals surface area contributed by atoms with E-state index in [0.717, 1.165) is 0 Å². The summed E-state index contributed by atoms with van der Waals surface area (Å²) in [6.45, 7) is 0. The minimum absolute atomic E-state index is 0. The summed E-state index contributed by atoms with van der Waals surface area (Å²) in [4.78, 5) is 8.36. The van der Waals surface area contributed by atoms with Gasteiger partial charge in [0.25, 0.3) is 5.09 Å². The fourth-order valence-corrected chi connectivity index (χ4v) is 0. The van der Waals surface area contributed by atoms with Crippen LogP contribution in [0.15, 0.2) is 0 Å². The molecule has 0 spiro atoms. The van der Waals surface area contributed by atoms with E-state index in [1.54, 1.807) is 0 Å². The Morgan fingerprint density at radius 1 is 1.67 bits per heavy atom. The van der Waals surface area contributed by atoms with Crippen molar-refractivity contribution in [2.45, 2.75) is 0 Å². The molecule has 0 aromatic carbocycles. The van der Waals surface area contributed by atoms with Gasteiger partial charge in [-0.2, -0.15) is 0 Å². The maximum absolute atomic E-state index is 8.36. The summed E-state index contributed by atoms with van der Waals surface area (Å²) in [5.74, 6) is 0. The molecule has 0 radical (unpaired) electrons. The van der Waals surface area contributed by atoms with E-state index in [9.17, 15) is 0 Å². The average molecular weight is 238 g/mol. The Kier molecular flexibility index (Phi) is 24.3. The summed E-state index contributed by atoms with van der Waals surface area (Å²) < 4.78 is 0. The van der Waals surface area contributed by atoms with Crippen LogP contribution in [0.1, 0.15) is 0 Å². The summed E-state index contributed by atoms with van der Waals surface area (Å²) in [5, 5.41) is 13.6. The van der Waals surface area contributed by atoms with Crippen molar-refractivity contribution in [2.75, 3.05) is 0 Å². The van der Waals surface area contributed by atoms with Crippen LogP contribution in [0.4, 0.5) is 0 Å². The zero-order valence-corrected chi connectivity index (χ0v) is 4.83. The molecule has 6 heavy (non-hydrogen) atoms. The molecule has 0 aliphatic carbocycles. The molecule has 40 valence electrons.